The molecule has 0 amide bonds. The van der Waals surface area contributed by atoms with E-state index in [0.29, 0.717) is 10.6 Å². The van der Waals surface area contributed by atoms with Crippen molar-refractivity contribution in [1.29, 1.82) is 0 Å². The summed E-state index contributed by atoms with van der Waals surface area (Å²) < 4.78 is 7.83. The molecule has 2 N–H and O–H groups in total. The van der Waals surface area contributed by atoms with Crippen molar-refractivity contribution in [2.45, 2.75) is 22.0 Å². The molecule has 1 saturated carbocycles. The Morgan fingerprint density at radius 3 is 1.94 bits per heavy atom. The Morgan fingerprint density at radius 1 is 1.17 bits per heavy atom. The minimum absolute atomic E-state index is 0.173. The Kier molecular flexibility index (Phi) is 5.33. The molecule has 0 aromatic carbocycles. The average Bonchev–Trinajstić information content (AvgIpc) is 2.64. The third kappa shape index (κ3) is 1.77. The lowest BCUT2D eigenvalue weighted by Crippen LogP contribution is -2.40. The molecule has 0 radical (unpaired) electrons. The van der Waals surface area contributed by atoms with Crippen LogP contribution in [0, 0.1) is 11.8 Å². The highest BCUT2D eigenvalue weighted by Crippen LogP contribution is 2.68. The minimum atomic E-state index is -1.06. The molecular formula is C10H12Cl4O3S. The fraction of sp³-hybridized carbons (Fsp3) is 0.800. The Hall–Kier alpha value is 0.840. The number of hydrogen-bond acceptors (Lipinski definition) is 4. The zero-order chi connectivity index (χ0) is 14.3. The van der Waals surface area contributed by atoms with Crippen molar-refractivity contribution >= 4 is 58.9 Å². The molecular weight excluding hydrogens is 342 g/mol. The van der Waals surface area contributed by atoms with Crippen LogP contribution in [0.25, 0.3) is 0 Å². The molecule has 0 aromatic heterocycles. The largest absolute Gasteiger partial charge is 0.396 e. The summed E-state index contributed by atoms with van der Waals surface area (Å²) in [6.07, 6.45) is 0. The molecule has 104 valence electrons. The van der Waals surface area contributed by atoms with E-state index in [0.717, 1.165) is 0 Å². The monoisotopic (exact) mass is 352 g/mol. The number of halogens is 4. The van der Waals surface area contributed by atoms with Crippen LogP contribution in [-0.2, 0) is 12.5 Å². The first kappa shape index (κ1) is 16.9. The quantitative estimate of drug-likeness (QED) is 0.745. The minimum Gasteiger partial charge on any atom is -0.396 e. The molecule has 0 aromatic rings. The van der Waals surface area contributed by atoms with Crippen molar-refractivity contribution in [3.8, 4) is 0 Å². The van der Waals surface area contributed by atoms with Gasteiger partial charge in [-0.2, -0.15) is 4.21 Å². The number of fused-ring (bicyclic) bond motifs is 2. The van der Waals surface area contributed by atoms with Gasteiger partial charge in [-0.05, 0) is 12.5 Å². The Balaban J connectivity index is 0.000000771. The number of allylic oxidation sites excluding steroid dienone is 2. The second kappa shape index (κ2) is 5.68. The maximum Gasteiger partial charge on any atom is 0.197 e. The second-order valence-electron chi connectivity index (χ2n) is 4.42. The Labute approximate surface area is 131 Å². The molecule has 3 nitrogen and oxygen atoms in total. The summed E-state index contributed by atoms with van der Waals surface area (Å²) in [5, 5.41) is 18.6. The standard InChI is InChI=1S/C10H12Cl4O2.OS/c1-4-7(11)10(14)6(3-16)5(2-15)9(4,13)8(10)12;1-2/h5-6,8,15-16H,2-3H2,1H3;. The van der Waals surface area contributed by atoms with Crippen LogP contribution in [0.4, 0.5) is 0 Å². The molecule has 2 aliphatic rings. The van der Waals surface area contributed by atoms with Crippen molar-refractivity contribution < 1.29 is 14.4 Å². The number of aliphatic hydroxyl groups excluding tert-OH is 2. The summed E-state index contributed by atoms with van der Waals surface area (Å²) in [5.74, 6) is -0.794. The topological polar surface area (TPSA) is 57.5 Å². The van der Waals surface area contributed by atoms with Gasteiger partial charge in [-0.25, -0.2) is 0 Å². The van der Waals surface area contributed by atoms with E-state index < -0.39 is 21.0 Å². The van der Waals surface area contributed by atoms with E-state index in [-0.39, 0.29) is 19.1 Å². The van der Waals surface area contributed by atoms with Crippen LogP contribution in [0.1, 0.15) is 6.92 Å². The van der Waals surface area contributed by atoms with Gasteiger partial charge >= 0.3 is 0 Å². The number of aliphatic hydroxyl groups is 2. The molecule has 18 heavy (non-hydrogen) atoms. The first-order valence-corrected chi connectivity index (χ1v) is 7.04. The van der Waals surface area contributed by atoms with Crippen LogP contribution in [0.3, 0.4) is 0 Å². The summed E-state index contributed by atoms with van der Waals surface area (Å²) in [6.45, 7) is 1.40. The summed E-state index contributed by atoms with van der Waals surface area (Å²) in [5.41, 5.74) is 0.703. The first-order valence-electron chi connectivity index (χ1n) is 5.14. The smallest absolute Gasteiger partial charge is 0.197 e. The first-order chi connectivity index (χ1) is 8.36. The fourth-order valence-corrected chi connectivity index (χ4v) is 5.17. The maximum atomic E-state index is 9.41. The van der Waals surface area contributed by atoms with Gasteiger partial charge in [0.1, 0.15) is 4.87 Å². The fourth-order valence-electron chi connectivity index (χ4n) is 2.99. The number of rotatable bonds is 2. The van der Waals surface area contributed by atoms with E-state index in [1.54, 1.807) is 6.92 Å². The van der Waals surface area contributed by atoms with Gasteiger partial charge in [0.2, 0.25) is 0 Å². The lowest BCUT2D eigenvalue weighted by molar-refractivity contribution is 0.118. The SMILES string of the molecule is CC1=C(Cl)C2(Cl)C(CO)C(CO)C1(Cl)C2Cl.O=S. The van der Waals surface area contributed by atoms with Crippen molar-refractivity contribution in [3.05, 3.63) is 10.6 Å². The van der Waals surface area contributed by atoms with Gasteiger partial charge in [-0.15, -0.1) is 34.8 Å². The second-order valence-corrected chi connectivity index (χ2v) is 6.48. The van der Waals surface area contributed by atoms with Crippen LogP contribution in [-0.4, -0.2) is 42.8 Å². The van der Waals surface area contributed by atoms with Gasteiger partial charge in [0.25, 0.3) is 0 Å². The van der Waals surface area contributed by atoms with Crippen LogP contribution < -0.4 is 0 Å². The molecule has 1 fully saturated rings. The third-order valence-corrected chi connectivity index (χ3v) is 7.01. The van der Waals surface area contributed by atoms with Gasteiger partial charge in [0, 0.05) is 30.1 Å². The maximum absolute atomic E-state index is 9.41. The predicted octanol–water partition coefficient (Wildman–Crippen LogP) is 1.97. The van der Waals surface area contributed by atoms with E-state index in [1.807, 2.05) is 0 Å². The van der Waals surface area contributed by atoms with Crippen molar-refractivity contribution in [2.75, 3.05) is 13.2 Å². The van der Waals surface area contributed by atoms with E-state index in [2.05, 4.69) is 12.5 Å². The van der Waals surface area contributed by atoms with Crippen LogP contribution in [0.2, 0.25) is 0 Å². The van der Waals surface area contributed by atoms with Crippen molar-refractivity contribution in [2.24, 2.45) is 11.8 Å². The lowest BCUT2D eigenvalue weighted by Gasteiger charge is -2.36. The van der Waals surface area contributed by atoms with Crippen molar-refractivity contribution in [1.82, 2.24) is 0 Å². The Bertz CT molecular complexity index is 348. The molecule has 0 spiro atoms. The van der Waals surface area contributed by atoms with Gasteiger partial charge < -0.3 is 10.2 Å². The molecule has 2 rings (SSSR count). The van der Waals surface area contributed by atoms with Crippen molar-refractivity contribution in [3.63, 3.8) is 0 Å². The molecule has 2 aliphatic carbocycles. The van der Waals surface area contributed by atoms with Crippen LogP contribution in [0.5, 0.6) is 0 Å². The molecule has 0 aliphatic heterocycles. The van der Waals surface area contributed by atoms with Crippen LogP contribution in [0.15, 0.2) is 10.6 Å². The summed E-state index contributed by atoms with van der Waals surface area (Å²) in [4.78, 5) is -2.01. The summed E-state index contributed by atoms with van der Waals surface area (Å²) in [7, 11) is 0. The average molecular weight is 354 g/mol. The van der Waals surface area contributed by atoms with Gasteiger partial charge in [0.15, 0.2) is 12.5 Å². The summed E-state index contributed by atoms with van der Waals surface area (Å²) >= 11 is 28.2. The third-order valence-electron chi connectivity index (χ3n) is 3.94. The summed E-state index contributed by atoms with van der Waals surface area (Å²) in [6, 6.07) is 0. The van der Waals surface area contributed by atoms with Gasteiger partial charge in [0.05, 0.1) is 10.3 Å². The normalized spacial score (nSPS) is 46.1. The lowest BCUT2D eigenvalue weighted by atomic mass is 9.80. The highest BCUT2D eigenvalue weighted by molar-refractivity contribution is 7.44. The highest BCUT2D eigenvalue weighted by atomic mass is 35.5. The van der Waals surface area contributed by atoms with E-state index >= 15 is 0 Å². The van der Waals surface area contributed by atoms with Crippen LogP contribution >= 0.6 is 46.4 Å². The van der Waals surface area contributed by atoms with E-state index in [9.17, 15) is 10.2 Å². The van der Waals surface area contributed by atoms with Gasteiger partial charge in [-0.1, -0.05) is 11.6 Å². The number of hydrogen-bond donors (Lipinski definition) is 2. The molecule has 5 atom stereocenters. The number of alkyl halides is 3. The molecule has 8 heteroatoms. The Morgan fingerprint density at radius 2 is 1.56 bits per heavy atom. The zero-order valence-corrected chi connectivity index (χ0v) is 13.2. The highest BCUT2D eigenvalue weighted by Gasteiger charge is 2.73. The zero-order valence-electron chi connectivity index (χ0n) is 9.37. The predicted molar refractivity (Wildman–Crippen MR) is 74.7 cm³/mol. The molecule has 0 saturated heterocycles. The van der Waals surface area contributed by atoms with E-state index in [4.69, 9.17) is 50.6 Å². The molecule has 5 unspecified atom stereocenters. The molecule has 0 heterocycles. The molecule has 2 bridgehead atoms. The van der Waals surface area contributed by atoms with E-state index in [1.165, 1.54) is 0 Å². The van der Waals surface area contributed by atoms with Gasteiger partial charge in [-0.3, -0.25) is 0 Å².